The Kier molecular flexibility index (Phi) is 4.92. The first-order valence-electron chi connectivity index (χ1n) is 8.18. The van der Waals surface area contributed by atoms with Crippen LogP contribution in [-0.2, 0) is 9.53 Å². The predicted octanol–water partition coefficient (Wildman–Crippen LogP) is 1.58. The van der Waals surface area contributed by atoms with E-state index in [1.807, 2.05) is 32.0 Å². The number of aromatic nitrogens is 3. The van der Waals surface area contributed by atoms with Gasteiger partial charge in [0.15, 0.2) is 5.82 Å². The summed E-state index contributed by atoms with van der Waals surface area (Å²) in [6.45, 7) is 5.26. The van der Waals surface area contributed by atoms with Gasteiger partial charge in [-0.05, 0) is 50.8 Å². The summed E-state index contributed by atoms with van der Waals surface area (Å²) in [6.07, 6.45) is 3.27. The second kappa shape index (κ2) is 7.11. The molecule has 0 radical (unpaired) electrons. The summed E-state index contributed by atoms with van der Waals surface area (Å²) in [5.41, 5.74) is 8.66. The molecule has 0 bridgehead atoms. The van der Waals surface area contributed by atoms with Crippen LogP contribution in [0.15, 0.2) is 24.4 Å². The van der Waals surface area contributed by atoms with Gasteiger partial charge in [-0.2, -0.15) is 5.10 Å². The van der Waals surface area contributed by atoms with E-state index in [9.17, 15) is 4.79 Å². The van der Waals surface area contributed by atoms with E-state index < -0.39 is 6.04 Å². The molecular weight excluding hydrogens is 306 g/mol. The number of aryl methyl sites for hydroxylation is 2. The lowest BCUT2D eigenvalue weighted by Gasteiger charge is -2.26. The first kappa shape index (κ1) is 16.6. The number of carbonyl (C=O) groups excluding carboxylic acids is 1. The van der Waals surface area contributed by atoms with Crippen LogP contribution in [0.3, 0.4) is 0 Å². The van der Waals surface area contributed by atoms with Gasteiger partial charge < -0.3 is 15.8 Å². The third-order valence-electron chi connectivity index (χ3n) is 4.32. The summed E-state index contributed by atoms with van der Waals surface area (Å²) < 4.78 is 7.08. The number of hydrogen-bond acceptors (Lipinski definition) is 5. The molecule has 3 heterocycles. The molecule has 1 atom stereocenters. The largest absolute Gasteiger partial charge is 0.381 e. The second-order valence-corrected chi connectivity index (χ2v) is 6.21. The Labute approximate surface area is 141 Å². The molecule has 1 unspecified atom stereocenters. The maximum Gasteiger partial charge on any atom is 0.241 e. The molecule has 0 spiro atoms. The number of hydrogen-bond donors (Lipinski definition) is 2. The van der Waals surface area contributed by atoms with Crippen molar-refractivity contribution in [2.75, 3.05) is 18.5 Å². The minimum atomic E-state index is -0.524. The average molecular weight is 329 g/mol. The van der Waals surface area contributed by atoms with Gasteiger partial charge in [0.05, 0.1) is 23.6 Å². The van der Waals surface area contributed by atoms with E-state index in [-0.39, 0.29) is 11.8 Å². The van der Waals surface area contributed by atoms with Crippen molar-refractivity contribution in [3.63, 3.8) is 0 Å². The normalized spacial score (nSPS) is 16.8. The third kappa shape index (κ3) is 3.63. The first-order valence-corrected chi connectivity index (χ1v) is 8.18. The third-order valence-corrected chi connectivity index (χ3v) is 4.32. The molecule has 24 heavy (non-hydrogen) atoms. The molecule has 1 fully saturated rings. The summed E-state index contributed by atoms with van der Waals surface area (Å²) in [6, 6.07) is 5.11. The molecule has 1 aliphatic heterocycles. The van der Waals surface area contributed by atoms with E-state index in [1.54, 1.807) is 10.9 Å². The van der Waals surface area contributed by atoms with E-state index in [2.05, 4.69) is 15.4 Å². The van der Waals surface area contributed by atoms with Crippen LogP contribution in [0.2, 0.25) is 0 Å². The van der Waals surface area contributed by atoms with Gasteiger partial charge in [-0.15, -0.1) is 0 Å². The highest BCUT2D eigenvalue weighted by atomic mass is 16.5. The Bertz CT molecular complexity index is 704. The number of pyridine rings is 1. The Morgan fingerprint density at radius 3 is 2.71 bits per heavy atom. The molecule has 1 aliphatic rings. The van der Waals surface area contributed by atoms with Crippen LogP contribution in [0.1, 0.15) is 24.2 Å². The van der Waals surface area contributed by atoms with Gasteiger partial charge in [-0.25, -0.2) is 9.67 Å². The summed E-state index contributed by atoms with van der Waals surface area (Å²) in [5.74, 6) is 0.704. The molecule has 7 nitrogen and oxygen atoms in total. The molecular formula is C17H23N5O2. The van der Waals surface area contributed by atoms with Gasteiger partial charge in [-0.1, -0.05) is 0 Å². The van der Waals surface area contributed by atoms with Crippen LogP contribution in [-0.4, -0.2) is 39.9 Å². The summed E-state index contributed by atoms with van der Waals surface area (Å²) in [7, 11) is 0. The van der Waals surface area contributed by atoms with Crippen molar-refractivity contribution in [1.82, 2.24) is 14.8 Å². The van der Waals surface area contributed by atoms with Gasteiger partial charge in [0.1, 0.15) is 0 Å². The van der Waals surface area contributed by atoms with Crippen LogP contribution >= 0.6 is 0 Å². The molecule has 0 aliphatic carbocycles. The highest BCUT2D eigenvalue weighted by Gasteiger charge is 2.26. The Balaban J connectivity index is 1.65. The van der Waals surface area contributed by atoms with Gasteiger partial charge in [0.25, 0.3) is 0 Å². The first-order chi connectivity index (χ1) is 11.5. The Morgan fingerprint density at radius 1 is 1.38 bits per heavy atom. The fourth-order valence-corrected chi connectivity index (χ4v) is 2.96. The summed E-state index contributed by atoms with van der Waals surface area (Å²) in [4.78, 5) is 16.7. The van der Waals surface area contributed by atoms with Crippen LogP contribution in [0.5, 0.6) is 0 Å². The summed E-state index contributed by atoms with van der Waals surface area (Å²) in [5, 5.41) is 7.24. The van der Waals surface area contributed by atoms with Gasteiger partial charge in [-0.3, -0.25) is 4.79 Å². The number of nitrogens with zero attached hydrogens (tertiary/aromatic N) is 3. The van der Waals surface area contributed by atoms with Crippen molar-refractivity contribution in [3.05, 3.63) is 35.8 Å². The van der Waals surface area contributed by atoms with Crippen molar-refractivity contribution in [1.29, 1.82) is 0 Å². The molecule has 0 saturated carbocycles. The standard InChI is InChI=1S/C17H23N5O2/c1-11-9-12(2)22(21-11)15-4-3-14(10-19-15)20-17(23)16(18)13-5-7-24-8-6-13/h3-4,9-10,13,16H,5-8,18H2,1-2H3,(H,20,23). The van der Waals surface area contributed by atoms with Crippen molar-refractivity contribution in [2.45, 2.75) is 32.7 Å². The maximum absolute atomic E-state index is 12.3. The molecule has 1 saturated heterocycles. The van der Waals surface area contributed by atoms with Crippen molar-refractivity contribution in [2.24, 2.45) is 11.7 Å². The topological polar surface area (TPSA) is 95.1 Å². The SMILES string of the molecule is Cc1cc(C)n(-c2ccc(NC(=O)C(N)C3CCOCC3)cn2)n1. The summed E-state index contributed by atoms with van der Waals surface area (Å²) >= 11 is 0. The fraction of sp³-hybridized carbons (Fsp3) is 0.471. The molecule has 3 N–H and O–H groups in total. The van der Waals surface area contributed by atoms with Crippen LogP contribution < -0.4 is 11.1 Å². The molecule has 0 aromatic carbocycles. The number of carbonyl (C=O) groups is 1. The Hall–Kier alpha value is -2.25. The van der Waals surface area contributed by atoms with Gasteiger partial charge in [0, 0.05) is 18.9 Å². The molecule has 7 heteroatoms. The molecule has 2 aromatic heterocycles. The zero-order valence-corrected chi connectivity index (χ0v) is 14.0. The molecule has 1 amide bonds. The average Bonchev–Trinajstić information content (AvgIpc) is 2.94. The predicted molar refractivity (Wildman–Crippen MR) is 91.0 cm³/mol. The smallest absolute Gasteiger partial charge is 0.241 e. The van der Waals surface area contributed by atoms with E-state index >= 15 is 0 Å². The second-order valence-electron chi connectivity index (χ2n) is 6.21. The molecule has 3 rings (SSSR count). The molecule has 2 aromatic rings. The minimum Gasteiger partial charge on any atom is -0.381 e. The maximum atomic E-state index is 12.3. The van der Waals surface area contributed by atoms with Crippen molar-refractivity contribution in [3.8, 4) is 5.82 Å². The number of amides is 1. The van der Waals surface area contributed by atoms with Crippen LogP contribution in [0.25, 0.3) is 5.82 Å². The van der Waals surface area contributed by atoms with E-state index in [0.717, 1.165) is 24.2 Å². The van der Waals surface area contributed by atoms with E-state index in [1.165, 1.54) is 0 Å². The van der Waals surface area contributed by atoms with Crippen LogP contribution in [0, 0.1) is 19.8 Å². The number of ether oxygens (including phenoxy) is 1. The number of anilines is 1. The Morgan fingerprint density at radius 2 is 2.12 bits per heavy atom. The van der Waals surface area contributed by atoms with E-state index in [0.29, 0.717) is 24.7 Å². The molecule has 128 valence electrons. The van der Waals surface area contributed by atoms with Gasteiger partial charge >= 0.3 is 0 Å². The number of nitrogens with one attached hydrogen (secondary N) is 1. The number of rotatable bonds is 4. The quantitative estimate of drug-likeness (QED) is 0.888. The lowest BCUT2D eigenvalue weighted by Crippen LogP contribution is -2.44. The number of nitrogens with two attached hydrogens (primary N) is 1. The van der Waals surface area contributed by atoms with E-state index in [4.69, 9.17) is 10.5 Å². The lowest BCUT2D eigenvalue weighted by molar-refractivity contribution is -0.119. The highest BCUT2D eigenvalue weighted by molar-refractivity contribution is 5.94. The zero-order valence-electron chi connectivity index (χ0n) is 14.0. The highest BCUT2D eigenvalue weighted by Crippen LogP contribution is 2.19. The van der Waals surface area contributed by atoms with Gasteiger partial charge in [0.2, 0.25) is 5.91 Å². The monoisotopic (exact) mass is 329 g/mol. The lowest BCUT2D eigenvalue weighted by atomic mass is 9.92. The fourth-order valence-electron chi connectivity index (χ4n) is 2.96. The van der Waals surface area contributed by atoms with Crippen molar-refractivity contribution >= 4 is 11.6 Å². The zero-order chi connectivity index (χ0) is 17.1. The van der Waals surface area contributed by atoms with Crippen molar-refractivity contribution < 1.29 is 9.53 Å². The minimum absolute atomic E-state index is 0.167. The van der Waals surface area contributed by atoms with Crippen LogP contribution in [0.4, 0.5) is 5.69 Å².